The summed E-state index contributed by atoms with van der Waals surface area (Å²) < 4.78 is 27.1. The third-order valence-electron chi connectivity index (χ3n) is 4.91. The van der Waals surface area contributed by atoms with Crippen LogP contribution in [0.5, 0.6) is 0 Å². The highest BCUT2D eigenvalue weighted by atomic mass is 32.2. The van der Waals surface area contributed by atoms with Crippen molar-refractivity contribution >= 4 is 49.1 Å². The Balaban J connectivity index is 1.90. The molecule has 1 heterocycles. The fourth-order valence-electron chi connectivity index (χ4n) is 3.12. The Kier molecular flexibility index (Phi) is 7.55. The van der Waals surface area contributed by atoms with Crippen molar-refractivity contribution < 1.29 is 13.2 Å². The van der Waals surface area contributed by atoms with Crippen molar-refractivity contribution in [1.82, 2.24) is 4.57 Å². The molecule has 0 fully saturated rings. The van der Waals surface area contributed by atoms with E-state index in [1.54, 1.807) is 43.0 Å². The van der Waals surface area contributed by atoms with Gasteiger partial charge in [-0.2, -0.15) is 16.8 Å². The second-order valence-electron chi connectivity index (χ2n) is 6.91. The number of carbonyl (C=O) groups excluding carboxylic acids is 1. The van der Waals surface area contributed by atoms with Gasteiger partial charge < -0.3 is 4.57 Å². The molecule has 0 N–H and O–H groups in total. The van der Waals surface area contributed by atoms with Crippen molar-refractivity contribution in [3.05, 3.63) is 58.4 Å². The van der Waals surface area contributed by atoms with Gasteiger partial charge in [-0.15, -0.1) is 0 Å². The standard InChI is InChI=1S/C22H26N2O3S3/c1-4-16-8-11-19-20(14-16)29-22(24(19)12-13-28-3)23-21(25)15-17-6-9-18(10-7-17)30(26,27)5-2/h6-11,14H,4-5,12-13,15H2,1-3H3. The van der Waals surface area contributed by atoms with Crippen LogP contribution in [0, 0.1) is 0 Å². The molecule has 160 valence electrons. The van der Waals surface area contributed by atoms with Crippen LogP contribution >= 0.6 is 23.1 Å². The van der Waals surface area contributed by atoms with Crippen molar-refractivity contribution in [2.75, 3.05) is 17.8 Å². The smallest absolute Gasteiger partial charge is 0.252 e. The second-order valence-corrected chi connectivity index (χ2v) is 11.2. The number of fused-ring (bicyclic) bond motifs is 1. The highest BCUT2D eigenvalue weighted by Crippen LogP contribution is 2.20. The largest absolute Gasteiger partial charge is 0.316 e. The van der Waals surface area contributed by atoms with Crippen LogP contribution in [0.2, 0.25) is 0 Å². The lowest BCUT2D eigenvalue weighted by molar-refractivity contribution is -0.117. The van der Waals surface area contributed by atoms with E-state index in [0.29, 0.717) is 4.80 Å². The van der Waals surface area contributed by atoms with Crippen LogP contribution in [0.25, 0.3) is 10.2 Å². The summed E-state index contributed by atoms with van der Waals surface area (Å²) in [5, 5.41) is 0. The number of benzene rings is 2. The maximum atomic E-state index is 12.6. The third kappa shape index (κ3) is 5.22. The molecule has 1 amide bonds. The summed E-state index contributed by atoms with van der Waals surface area (Å²) >= 11 is 3.30. The molecule has 30 heavy (non-hydrogen) atoms. The number of sulfone groups is 1. The molecular formula is C22H26N2O3S3. The minimum Gasteiger partial charge on any atom is -0.316 e. The lowest BCUT2D eigenvalue weighted by Crippen LogP contribution is -2.18. The predicted octanol–water partition coefficient (Wildman–Crippen LogP) is 4.09. The number of hydrogen-bond acceptors (Lipinski definition) is 5. The first kappa shape index (κ1) is 22.8. The summed E-state index contributed by atoms with van der Waals surface area (Å²) in [6.07, 6.45) is 3.17. The number of hydrogen-bond donors (Lipinski definition) is 0. The maximum Gasteiger partial charge on any atom is 0.252 e. The normalized spacial score (nSPS) is 12.6. The topological polar surface area (TPSA) is 68.5 Å². The molecule has 0 bridgehead atoms. The summed E-state index contributed by atoms with van der Waals surface area (Å²) in [6.45, 7) is 4.54. The fraction of sp³-hybridized carbons (Fsp3) is 0.364. The first-order chi connectivity index (χ1) is 14.4. The summed E-state index contributed by atoms with van der Waals surface area (Å²) in [7, 11) is -3.24. The van der Waals surface area contributed by atoms with Crippen LogP contribution in [0.4, 0.5) is 0 Å². The molecule has 2 aromatic carbocycles. The van der Waals surface area contributed by atoms with Gasteiger partial charge >= 0.3 is 0 Å². The zero-order valence-electron chi connectivity index (χ0n) is 17.4. The molecule has 1 aromatic heterocycles. The summed E-state index contributed by atoms with van der Waals surface area (Å²) in [4.78, 5) is 18.0. The molecule has 0 atom stereocenters. The summed E-state index contributed by atoms with van der Waals surface area (Å²) in [6, 6.07) is 12.9. The van der Waals surface area contributed by atoms with E-state index in [9.17, 15) is 13.2 Å². The molecule has 0 spiro atoms. The Morgan fingerprint density at radius 1 is 1.10 bits per heavy atom. The molecule has 0 aliphatic carbocycles. The van der Waals surface area contributed by atoms with Crippen molar-refractivity contribution in [1.29, 1.82) is 0 Å². The molecule has 0 saturated carbocycles. The van der Waals surface area contributed by atoms with Crippen LogP contribution in [-0.2, 0) is 34.0 Å². The molecule has 8 heteroatoms. The van der Waals surface area contributed by atoms with Crippen LogP contribution in [0.3, 0.4) is 0 Å². The Bertz CT molecular complexity index is 1210. The lowest BCUT2D eigenvalue weighted by Gasteiger charge is -2.05. The molecule has 0 radical (unpaired) electrons. The van der Waals surface area contributed by atoms with E-state index in [1.165, 1.54) is 16.9 Å². The second kappa shape index (κ2) is 9.94. The van der Waals surface area contributed by atoms with Crippen molar-refractivity contribution in [3.63, 3.8) is 0 Å². The van der Waals surface area contributed by atoms with Crippen LogP contribution in [0.1, 0.15) is 25.0 Å². The number of thiazole rings is 1. The van der Waals surface area contributed by atoms with Gasteiger partial charge in [0.25, 0.3) is 5.91 Å². The number of nitrogens with zero attached hydrogens (tertiary/aromatic N) is 2. The van der Waals surface area contributed by atoms with E-state index >= 15 is 0 Å². The SMILES string of the molecule is CCc1ccc2c(c1)sc(=NC(=O)Cc1ccc(S(=O)(=O)CC)cc1)n2CCSC. The number of aryl methyl sites for hydroxylation is 2. The number of thioether (sulfide) groups is 1. The first-order valence-corrected chi connectivity index (χ1v) is 13.7. The van der Waals surface area contributed by atoms with Crippen LogP contribution < -0.4 is 4.80 Å². The van der Waals surface area contributed by atoms with E-state index in [0.717, 1.165) is 34.5 Å². The molecule has 5 nitrogen and oxygen atoms in total. The van der Waals surface area contributed by atoms with E-state index < -0.39 is 9.84 Å². The zero-order chi connectivity index (χ0) is 21.7. The highest BCUT2D eigenvalue weighted by molar-refractivity contribution is 7.98. The maximum absolute atomic E-state index is 12.6. The summed E-state index contributed by atoms with van der Waals surface area (Å²) in [5.41, 5.74) is 3.12. The van der Waals surface area contributed by atoms with Crippen LogP contribution in [-0.4, -0.2) is 36.7 Å². The van der Waals surface area contributed by atoms with E-state index in [1.807, 2.05) is 0 Å². The van der Waals surface area contributed by atoms with Gasteiger partial charge in [0.2, 0.25) is 0 Å². The number of aromatic nitrogens is 1. The highest BCUT2D eigenvalue weighted by Gasteiger charge is 2.12. The monoisotopic (exact) mass is 462 g/mol. The van der Waals surface area contributed by atoms with Gasteiger partial charge in [-0.25, -0.2) is 8.42 Å². The Hall–Kier alpha value is -1.90. The van der Waals surface area contributed by atoms with Gasteiger partial charge in [0, 0.05) is 12.3 Å². The average molecular weight is 463 g/mol. The third-order valence-corrected chi connectivity index (χ3v) is 8.30. The van der Waals surface area contributed by atoms with Gasteiger partial charge in [-0.05, 0) is 48.1 Å². The van der Waals surface area contributed by atoms with Crippen molar-refractivity contribution in [2.24, 2.45) is 4.99 Å². The van der Waals surface area contributed by atoms with Crippen molar-refractivity contribution in [3.8, 4) is 0 Å². The Morgan fingerprint density at radius 3 is 2.43 bits per heavy atom. The van der Waals surface area contributed by atoms with Gasteiger partial charge in [0.1, 0.15) is 0 Å². The number of rotatable bonds is 8. The minimum atomic E-state index is -3.24. The molecule has 0 aliphatic heterocycles. The molecule has 3 rings (SSSR count). The molecule has 3 aromatic rings. The van der Waals surface area contributed by atoms with Gasteiger partial charge in [0.15, 0.2) is 14.6 Å². The average Bonchev–Trinajstić information content (AvgIpc) is 3.08. The molecule has 0 saturated heterocycles. The predicted molar refractivity (Wildman–Crippen MR) is 126 cm³/mol. The van der Waals surface area contributed by atoms with E-state index in [-0.39, 0.29) is 23.0 Å². The molecule has 0 unspecified atom stereocenters. The molecule has 0 aliphatic rings. The number of amides is 1. The Morgan fingerprint density at radius 2 is 1.80 bits per heavy atom. The van der Waals surface area contributed by atoms with E-state index in [4.69, 9.17) is 0 Å². The number of carbonyl (C=O) groups is 1. The Labute approximate surface area is 185 Å². The first-order valence-electron chi connectivity index (χ1n) is 9.88. The fourth-order valence-corrected chi connectivity index (χ4v) is 5.51. The quantitative estimate of drug-likeness (QED) is 0.506. The summed E-state index contributed by atoms with van der Waals surface area (Å²) in [5.74, 6) is 0.764. The molecular weight excluding hydrogens is 436 g/mol. The zero-order valence-corrected chi connectivity index (χ0v) is 19.9. The van der Waals surface area contributed by atoms with Gasteiger partial charge in [-0.3, -0.25) is 4.79 Å². The van der Waals surface area contributed by atoms with E-state index in [2.05, 4.69) is 40.9 Å². The van der Waals surface area contributed by atoms with Crippen molar-refractivity contribution in [2.45, 2.75) is 38.1 Å². The van der Waals surface area contributed by atoms with Gasteiger partial charge in [0.05, 0.1) is 27.3 Å². The van der Waals surface area contributed by atoms with Crippen LogP contribution in [0.15, 0.2) is 52.4 Å². The van der Waals surface area contributed by atoms with Gasteiger partial charge in [-0.1, -0.05) is 43.4 Å². The lowest BCUT2D eigenvalue weighted by atomic mass is 10.1. The minimum absolute atomic E-state index is 0.0579.